The Balaban J connectivity index is 2.97. The Labute approximate surface area is 128 Å². The molecule has 0 aliphatic carbocycles. The molecule has 0 aliphatic rings. The molecule has 1 aromatic rings. The van der Waals surface area contributed by atoms with Gasteiger partial charge in [-0.05, 0) is 36.5 Å². The van der Waals surface area contributed by atoms with E-state index in [1.165, 1.54) is 0 Å². The Kier molecular flexibility index (Phi) is 6.34. The summed E-state index contributed by atoms with van der Waals surface area (Å²) in [4.78, 5) is 0. The summed E-state index contributed by atoms with van der Waals surface area (Å²) in [6, 6.07) is 4.21. The van der Waals surface area contributed by atoms with Gasteiger partial charge in [0.05, 0.1) is 21.3 Å². The third-order valence-electron chi connectivity index (χ3n) is 4.03. The van der Waals surface area contributed by atoms with Crippen LogP contribution in [0.15, 0.2) is 12.1 Å². The van der Waals surface area contributed by atoms with Crippen molar-refractivity contribution in [2.24, 2.45) is 5.41 Å². The standard InChI is InChI=1S/C17H29NO3/c1-8-17(3,4)11-18-12(2)13-9-14(19-5)16(21-7)15(10-13)20-6/h9-10,12,18H,8,11H2,1-7H3. The average molecular weight is 295 g/mol. The second-order valence-corrected chi connectivity index (χ2v) is 6.08. The fourth-order valence-electron chi connectivity index (χ4n) is 2.02. The van der Waals surface area contributed by atoms with E-state index in [0.29, 0.717) is 17.2 Å². The fraction of sp³-hybridized carbons (Fsp3) is 0.647. The van der Waals surface area contributed by atoms with Crippen molar-refractivity contribution >= 4 is 0 Å². The molecule has 1 aromatic carbocycles. The monoisotopic (exact) mass is 295 g/mol. The molecule has 0 bridgehead atoms. The molecule has 0 aromatic heterocycles. The molecule has 120 valence electrons. The Bertz CT molecular complexity index is 432. The molecule has 1 rings (SSSR count). The van der Waals surface area contributed by atoms with Crippen LogP contribution in [0.5, 0.6) is 17.2 Å². The van der Waals surface area contributed by atoms with Gasteiger partial charge in [0.15, 0.2) is 11.5 Å². The minimum absolute atomic E-state index is 0.213. The maximum atomic E-state index is 5.40. The predicted octanol–water partition coefficient (Wildman–Crippen LogP) is 3.80. The van der Waals surface area contributed by atoms with Crippen LogP contribution in [0.25, 0.3) is 0 Å². The molecular formula is C17H29NO3. The lowest BCUT2D eigenvalue weighted by Gasteiger charge is -2.26. The second-order valence-electron chi connectivity index (χ2n) is 6.08. The molecule has 21 heavy (non-hydrogen) atoms. The molecule has 1 N–H and O–H groups in total. The number of rotatable bonds is 8. The highest BCUT2D eigenvalue weighted by molar-refractivity contribution is 5.54. The molecule has 0 spiro atoms. The van der Waals surface area contributed by atoms with Gasteiger partial charge in [-0.2, -0.15) is 0 Å². The van der Waals surface area contributed by atoms with Crippen LogP contribution in [0, 0.1) is 5.41 Å². The van der Waals surface area contributed by atoms with Crippen molar-refractivity contribution in [1.82, 2.24) is 5.32 Å². The summed E-state index contributed by atoms with van der Waals surface area (Å²) < 4.78 is 16.2. The van der Waals surface area contributed by atoms with E-state index in [4.69, 9.17) is 14.2 Å². The highest BCUT2D eigenvalue weighted by atomic mass is 16.5. The van der Waals surface area contributed by atoms with E-state index in [2.05, 4.69) is 33.0 Å². The normalized spacial score (nSPS) is 12.9. The van der Waals surface area contributed by atoms with E-state index in [1.807, 2.05) is 12.1 Å². The molecule has 4 heteroatoms. The Morgan fingerprint density at radius 1 is 1.05 bits per heavy atom. The van der Waals surface area contributed by atoms with Crippen LogP contribution >= 0.6 is 0 Å². The summed E-state index contributed by atoms with van der Waals surface area (Å²) in [5.41, 5.74) is 1.41. The first-order chi connectivity index (χ1) is 9.88. The molecule has 0 radical (unpaired) electrons. The maximum absolute atomic E-state index is 5.40. The Morgan fingerprint density at radius 2 is 1.57 bits per heavy atom. The van der Waals surface area contributed by atoms with Crippen molar-refractivity contribution in [3.05, 3.63) is 17.7 Å². The number of hydrogen-bond acceptors (Lipinski definition) is 4. The van der Waals surface area contributed by atoms with Gasteiger partial charge in [0.2, 0.25) is 5.75 Å². The van der Waals surface area contributed by atoms with Crippen molar-refractivity contribution in [3.8, 4) is 17.2 Å². The Morgan fingerprint density at radius 3 is 1.95 bits per heavy atom. The molecule has 0 aliphatic heterocycles. The van der Waals surface area contributed by atoms with Gasteiger partial charge in [0, 0.05) is 12.6 Å². The van der Waals surface area contributed by atoms with E-state index in [-0.39, 0.29) is 11.5 Å². The average Bonchev–Trinajstić information content (AvgIpc) is 2.50. The van der Waals surface area contributed by atoms with Gasteiger partial charge in [0.1, 0.15) is 0 Å². The zero-order chi connectivity index (χ0) is 16.0. The number of nitrogens with one attached hydrogen (secondary N) is 1. The SMILES string of the molecule is CCC(C)(C)CNC(C)c1cc(OC)c(OC)c(OC)c1. The van der Waals surface area contributed by atoms with Gasteiger partial charge in [-0.3, -0.25) is 0 Å². The second kappa shape index (κ2) is 7.55. The summed E-state index contributed by atoms with van der Waals surface area (Å²) >= 11 is 0. The molecule has 0 heterocycles. The largest absolute Gasteiger partial charge is 0.493 e. The predicted molar refractivity (Wildman–Crippen MR) is 86.6 cm³/mol. The molecule has 0 saturated heterocycles. The summed E-state index contributed by atoms with van der Waals surface area (Å²) in [5, 5.41) is 3.58. The minimum atomic E-state index is 0.213. The van der Waals surface area contributed by atoms with Crippen molar-refractivity contribution in [2.45, 2.75) is 40.2 Å². The summed E-state index contributed by atoms with van der Waals surface area (Å²) in [5.74, 6) is 2.01. The fourth-order valence-corrected chi connectivity index (χ4v) is 2.02. The molecular weight excluding hydrogens is 266 g/mol. The number of hydrogen-bond donors (Lipinski definition) is 1. The van der Waals surface area contributed by atoms with Gasteiger partial charge >= 0.3 is 0 Å². The first-order valence-electron chi connectivity index (χ1n) is 7.41. The zero-order valence-electron chi connectivity index (χ0n) is 14.4. The molecule has 4 nitrogen and oxygen atoms in total. The van der Waals surface area contributed by atoms with Crippen LogP contribution in [0.4, 0.5) is 0 Å². The third kappa shape index (κ3) is 4.53. The van der Waals surface area contributed by atoms with Crippen LogP contribution in [-0.2, 0) is 0 Å². The van der Waals surface area contributed by atoms with Crippen LogP contribution in [-0.4, -0.2) is 27.9 Å². The third-order valence-corrected chi connectivity index (χ3v) is 4.03. The summed E-state index contributed by atoms with van der Waals surface area (Å²) in [6.07, 6.45) is 1.14. The van der Waals surface area contributed by atoms with E-state index in [9.17, 15) is 0 Å². The number of ether oxygens (including phenoxy) is 3. The van der Waals surface area contributed by atoms with Crippen LogP contribution in [0.3, 0.4) is 0 Å². The van der Waals surface area contributed by atoms with E-state index in [0.717, 1.165) is 18.5 Å². The van der Waals surface area contributed by atoms with Crippen molar-refractivity contribution in [3.63, 3.8) is 0 Å². The van der Waals surface area contributed by atoms with Crippen molar-refractivity contribution in [1.29, 1.82) is 0 Å². The minimum Gasteiger partial charge on any atom is -0.493 e. The lowest BCUT2D eigenvalue weighted by Crippen LogP contribution is -2.30. The van der Waals surface area contributed by atoms with Gasteiger partial charge in [-0.25, -0.2) is 0 Å². The van der Waals surface area contributed by atoms with E-state index < -0.39 is 0 Å². The highest BCUT2D eigenvalue weighted by Gasteiger charge is 2.19. The molecule has 1 unspecified atom stereocenters. The lowest BCUT2D eigenvalue weighted by atomic mass is 9.90. The van der Waals surface area contributed by atoms with Gasteiger partial charge in [-0.15, -0.1) is 0 Å². The van der Waals surface area contributed by atoms with Gasteiger partial charge in [0.25, 0.3) is 0 Å². The number of methoxy groups -OCH3 is 3. The number of benzene rings is 1. The molecule has 0 fully saturated rings. The van der Waals surface area contributed by atoms with Crippen molar-refractivity contribution < 1.29 is 14.2 Å². The molecule has 0 amide bonds. The van der Waals surface area contributed by atoms with Crippen LogP contribution in [0.1, 0.15) is 45.7 Å². The van der Waals surface area contributed by atoms with Crippen LogP contribution in [0.2, 0.25) is 0 Å². The molecule has 0 saturated carbocycles. The maximum Gasteiger partial charge on any atom is 0.203 e. The summed E-state index contributed by atoms with van der Waals surface area (Å²) in [7, 11) is 4.89. The quantitative estimate of drug-likeness (QED) is 0.792. The first-order valence-corrected chi connectivity index (χ1v) is 7.41. The van der Waals surface area contributed by atoms with Crippen LogP contribution < -0.4 is 19.5 Å². The zero-order valence-corrected chi connectivity index (χ0v) is 14.4. The first kappa shape index (κ1) is 17.6. The lowest BCUT2D eigenvalue weighted by molar-refractivity contribution is 0.310. The summed E-state index contributed by atoms with van der Waals surface area (Å²) in [6.45, 7) is 9.85. The van der Waals surface area contributed by atoms with E-state index in [1.54, 1.807) is 21.3 Å². The van der Waals surface area contributed by atoms with Gasteiger partial charge < -0.3 is 19.5 Å². The van der Waals surface area contributed by atoms with Gasteiger partial charge in [-0.1, -0.05) is 20.8 Å². The highest BCUT2D eigenvalue weighted by Crippen LogP contribution is 2.39. The smallest absolute Gasteiger partial charge is 0.203 e. The van der Waals surface area contributed by atoms with E-state index >= 15 is 0 Å². The molecule has 1 atom stereocenters. The topological polar surface area (TPSA) is 39.7 Å². The Hall–Kier alpha value is -1.42. The van der Waals surface area contributed by atoms with Crippen molar-refractivity contribution in [2.75, 3.05) is 27.9 Å².